The lowest BCUT2D eigenvalue weighted by Crippen LogP contribution is -2.23. The lowest BCUT2D eigenvalue weighted by atomic mass is 10.0. The van der Waals surface area contributed by atoms with Crippen LogP contribution in [0.15, 0.2) is 42.5 Å². The lowest BCUT2D eigenvalue weighted by molar-refractivity contribution is 0.00691. The van der Waals surface area contributed by atoms with Gasteiger partial charge in [0.05, 0.1) is 5.56 Å². The summed E-state index contributed by atoms with van der Waals surface area (Å²) in [5.41, 5.74) is 0.733. The maximum Gasteiger partial charge on any atom is 0.338 e. The normalized spacial score (nSPS) is 11.2. The standard InChI is InChI=1S/C17H17FO3/c1-17(2,3)21-16(20)13-7-12(9-15(19)10-13)11-5-4-6-14(18)8-11/h4-10,19H,1-3H3. The topological polar surface area (TPSA) is 46.5 Å². The summed E-state index contributed by atoms with van der Waals surface area (Å²) < 4.78 is 18.6. The Hall–Kier alpha value is -2.36. The molecule has 2 aromatic carbocycles. The van der Waals surface area contributed by atoms with Crippen molar-refractivity contribution in [1.29, 1.82) is 0 Å². The molecule has 0 unspecified atom stereocenters. The number of esters is 1. The molecule has 0 fully saturated rings. The first-order chi connectivity index (χ1) is 9.74. The summed E-state index contributed by atoms with van der Waals surface area (Å²) in [6, 6.07) is 10.3. The Morgan fingerprint density at radius 1 is 1.10 bits per heavy atom. The number of hydrogen-bond acceptors (Lipinski definition) is 3. The second kappa shape index (κ2) is 5.56. The second-order valence-corrected chi connectivity index (χ2v) is 5.78. The first-order valence-corrected chi connectivity index (χ1v) is 6.58. The Bertz CT molecular complexity index is 672. The number of benzene rings is 2. The van der Waals surface area contributed by atoms with Crippen LogP contribution in [0.25, 0.3) is 11.1 Å². The highest BCUT2D eigenvalue weighted by Gasteiger charge is 2.19. The fraction of sp³-hybridized carbons (Fsp3) is 0.235. The summed E-state index contributed by atoms with van der Waals surface area (Å²) in [4.78, 5) is 12.1. The molecule has 3 nitrogen and oxygen atoms in total. The molecule has 2 aromatic rings. The Labute approximate surface area is 123 Å². The average molecular weight is 288 g/mol. The molecule has 0 saturated carbocycles. The molecular formula is C17H17FO3. The summed E-state index contributed by atoms with van der Waals surface area (Å²) in [7, 11) is 0. The smallest absolute Gasteiger partial charge is 0.338 e. The first-order valence-electron chi connectivity index (χ1n) is 6.58. The molecule has 0 heterocycles. The van der Waals surface area contributed by atoms with Crippen molar-refractivity contribution in [3.8, 4) is 16.9 Å². The highest BCUT2D eigenvalue weighted by atomic mass is 19.1. The summed E-state index contributed by atoms with van der Waals surface area (Å²) in [6.45, 7) is 5.30. The molecule has 21 heavy (non-hydrogen) atoms. The van der Waals surface area contributed by atoms with E-state index in [4.69, 9.17) is 4.74 Å². The number of carbonyl (C=O) groups is 1. The maximum atomic E-state index is 13.3. The second-order valence-electron chi connectivity index (χ2n) is 5.78. The monoisotopic (exact) mass is 288 g/mol. The minimum absolute atomic E-state index is 0.0716. The third-order valence-electron chi connectivity index (χ3n) is 2.71. The number of ether oxygens (including phenoxy) is 1. The van der Waals surface area contributed by atoms with Gasteiger partial charge in [0.1, 0.15) is 17.2 Å². The van der Waals surface area contributed by atoms with Gasteiger partial charge in [-0.1, -0.05) is 12.1 Å². The summed E-state index contributed by atoms with van der Waals surface area (Å²) in [6.07, 6.45) is 0. The maximum absolute atomic E-state index is 13.3. The van der Waals surface area contributed by atoms with Crippen molar-refractivity contribution in [1.82, 2.24) is 0 Å². The van der Waals surface area contributed by atoms with Crippen molar-refractivity contribution in [3.63, 3.8) is 0 Å². The zero-order valence-corrected chi connectivity index (χ0v) is 12.2. The van der Waals surface area contributed by atoms with Gasteiger partial charge < -0.3 is 9.84 Å². The number of hydrogen-bond donors (Lipinski definition) is 1. The highest BCUT2D eigenvalue weighted by molar-refractivity contribution is 5.92. The number of phenolic OH excluding ortho intramolecular Hbond substituents is 1. The van der Waals surface area contributed by atoms with Gasteiger partial charge in [0.25, 0.3) is 0 Å². The third-order valence-corrected chi connectivity index (χ3v) is 2.71. The summed E-state index contributed by atoms with van der Waals surface area (Å²) >= 11 is 0. The average Bonchev–Trinajstić information content (AvgIpc) is 2.36. The van der Waals surface area contributed by atoms with Gasteiger partial charge in [0.2, 0.25) is 0 Å². The van der Waals surface area contributed by atoms with E-state index in [9.17, 15) is 14.3 Å². The van der Waals surface area contributed by atoms with E-state index in [0.29, 0.717) is 11.1 Å². The van der Waals surface area contributed by atoms with Gasteiger partial charge >= 0.3 is 5.97 Å². The van der Waals surface area contributed by atoms with Gasteiger partial charge in [0, 0.05) is 0 Å². The van der Waals surface area contributed by atoms with Crippen LogP contribution in [0.1, 0.15) is 31.1 Å². The van der Waals surface area contributed by atoms with Gasteiger partial charge in [0.15, 0.2) is 0 Å². The quantitative estimate of drug-likeness (QED) is 0.844. The van der Waals surface area contributed by atoms with Crippen LogP contribution in [0.4, 0.5) is 4.39 Å². The van der Waals surface area contributed by atoms with Crippen LogP contribution in [-0.4, -0.2) is 16.7 Å². The van der Waals surface area contributed by atoms with E-state index in [1.165, 1.54) is 24.3 Å². The van der Waals surface area contributed by atoms with Gasteiger partial charge in [-0.05, 0) is 62.2 Å². The summed E-state index contributed by atoms with van der Waals surface area (Å²) in [5.74, 6) is -0.983. The molecule has 0 bridgehead atoms. The van der Waals surface area contributed by atoms with Crippen LogP contribution in [0.2, 0.25) is 0 Å². The van der Waals surface area contributed by atoms with Crippen LogP contribution < -0.4 is 0 Å². The van der Waals surface area contributed by atoms with E-state index in [1.807, 2.05) is 0 Å². The van der Waals surface area contributed by atoms with E-state index < -0.39 is 11.6 Å². The minimum Gasteiger partial charge on any atom is -0.508 e. The van der Waals surface area contributed by atoms with Gasteiger partial charge in [-0.25, -0.2) is 9.18 Å². The Morgan fingerprint density at radius 3 is 2.43 bits per heavy atom. The Balaban J connectivity index is 2.40. The Kier molecular flexibility index (Phi) is 3.98. The lowest BCUT2D eigenvalue weighted by Gasteiger charge is -2.19. The zero-order valence-electron chi connectivity index (χ0n) is 12.2. The molecule has 0 aliphatic rings. The summed E-state index contributed by atoms with van der Waals surface area (Å²) in [5, 5.41) is 9.77. The van der Waals surface area contributed by atoms with Crippen molar-refractivity contribution in [2.45, 2.75) is 26.4 Å². The molecule has 0 spiro atoms. The molecular weight excluding hydrogens is 271 g/mol. The fourth-order valence-corrected chi connectivity index (χ4v) is 1.90. The predicted molar refractivity (Wildman–Crippen MR) is 78.7 cm³/mol. The van der Waals surface area contributed by atoms with Crippen molar-refractivity contribution in [2.75, 3.05) is 0 Å². The molecule has 2 rings (SSSR count). The van der Waals surface area contributed by atoms with Crippen LogP contribution in [0.3, 0.4) is 0 Å². The van der Waals surface area contributed by atoms with Crippen molar-refractivity contribution in [2.24, 2.45) is 0 Å². The number of rotatable bonds is 2. The van der Waals surface area contributed by atoms with Crippen molar-refractivity contribution < 1.29 is 19.0 Å². The van der Waals surface area contributed by atoms with Crippen LogP contribution >= 0.6 is 0 Å². The molecule has 0 aliphatic carbocycles. The largest absolute Gasteiger partial charge is 0.508 e. The molecule has 4 heteroatoms. The molecule has 110 valence electrons. The highest BCUT2D eigenvalue weighted by Crippen LogP contribution is 2.27. The van der Waals surface area contributed by atoms with E-state index in [2.05, 4.69) is 0 Å². The van der Waals surface area contributed by atoms with Crippen LogP contribution in [0.5, 0.6) is 5.75 Å². The van der Waals surface area contributed by atoms with Gasteiger partial charge in [-0.15, -0.1) is 0 Å². The van der Waals surface area contributed by atoms with E-state index in [0.717, 1.165) is 0 Å². The van der Waals surface area contributed by atoms with Crippen LogP contribution in [-0.2, 0) is 4.74 Å². The van der Waals surface area contributed by atoms with E-state index >= 15 is 0 Å². The van der Waals surface area contributed by atoms with Gasteiger partial charge in [-0.2, -0.15) is 0 Å². The molecule has 1 N–H and O–H groups in total. The first kappa shape index (κ1) is 15.0. The number of phenols is 1. The minimum atomic E-state index is -0.623. The molecule has 0 radical (unpaired) electrons. The van der Waals surface area contributed by atoms with E-state index in [-0.39, 0.29) is 17.1 Å². The molecule has 0 aliphatic heterocycles. The van der Waals surface area contributed by atoms with Gasteiger partial charge in [-0.3, -0.25) is 0 Å². The molecule has 0 aromatic heterocycles. The number of halogens is 1. The third kappa shape index (κ3) is 4.05. The van der Waals surface area contributed by atoms with E-state index in [1.54, 1.807) is 39.0 Å². The zero-order chi connectivity index (χ0) is 15.6. The predicted octanol–water partition coefficient (Wildman–Crippen LogP) is 4.15. The van der Waals surface area contributed by atoms with Crippen molar-refractivity contribution in [3.05, 3.63) is 53.8 Å². The SMILES string of the molecule is CC(C)(C)OC(=O)c1cc(O)cc(-c2cccc(F)c2)c1. The molecule has 0 atom stereocenters. The molecule has 0 saturated heterocycles. The van der Waals surface area contributed by atoms with Crippen LogP contribution in [0, 0.1) is 5.82 Å². The number of aromatic hydroxyl groups is 1. The van der Waals surface area contributed by atoms with Crippen molar-refractivity contribution >= 4 is 5.97 Å². The number of carbonyl (C=O) groups excluding carboxylic acids is 1. The fourth-order valence-electron chi connectivity index (χ4n) is 1.90. The molecule has 0 amide bonds. The Morgan fingerprint density at radius 2 is 1.81 bits per heavy atom.